The van der Waals surface area contributed by atoms with Crippen LogP contribution in [0.2, 0.25) is 10.0 Å². The Labute approximate surface area is 353 Å². The number of aromatic nitrogens is 3. The molecular formula is C44H50Cl2F2N6O5. The van der Waals surface area contributed by atoms with Gasteiger partial charge >= 0.3 is 5.97 Å². The number of imidazole rings is 1. The van der Waals surface area contributed by atoms with E-state index >= 15 is 4.39 Å². The van der Waals surface area contributed by atoms with Gasteiger partial charge in [0.05, 0.1) is 34.6 Å². The molecule has 1 saturated carbocycles. The van der Waals surface area contributed by atoms with Gasteiger partial charge in [0.25, 0.3) is 5.91 Å². The van der Waals surface area contributed by atoms with E-state index in [1.165, 1.54) is 38.3 Å². The van der Waals surface area contributed by atoms with Gasteiger partial charge in [-0.1, -0.05) is 66.4 Å². The zero-order valence-electron chi connectivity index (χ0n) is 33.3. The number of benzene rings is 2. The number of nitrogens with one attached hydrogen (secondary N) is 1. The molecule has 0 bridgehead atoms. The van der Waals surface area contributed by atoms with Crippen molar-refractivity contribution in [1.29, 1.82) is 0 Å². The molecule has 59 heavy (non-hydrogen) atoms. The number of nitrogens with zero attached hydrogens (tertiary/aromatic N) is 5. The Morgan fingerprint density at radius 2 is 1.81 bits per heavy atom. The van der Waals surface area contributed by atoms with Crippen LogP contribution in [-0.2, 0) is 31.4 Å². The van der Waals surface area contributed by atoms with Gasteiger partial charge in [-0.25, -0.2) is 13.8 Å². The summed E-state index contributed by atoms with van der Waals surface area (Å²) in [5.74, 6) is -1.14. The number of likely N-dealkylation sites (tertiary alicyclic amines) is 1. The first-order chi connectivity index (χ1) is 28.3. The van der Waals surface area contributed by atoms with E-state index in [2.05, 4.69) is 15.2 Å². The van der Waals surface area contributed by atoms with Crippen LogP contribution in [0.3, 0.4) is 0 Å². The van der Waals surface area contributed by atoms with Gasteiger partial charge in [0.15, 0.2) is 5.82 Å². The molecular weight excluding hydrogens is 801 g/mol. The maximum atomic E-state index is 15.7. The van der Waals surface area contributed by atoms with Crippen LogP contribution in [0.1, 0.15) is 90.2 Å². The number of carbonyl (C=O) groups is 2. The van der Waals surface area contributed by atoms with E-state index in [9.17, 15) is 19.1 Å². The number of hydrogen-bond acceptors (Lipinski definition) is 8. The molecule has 7 rings (SSSR count). The number of hydrogen-bond donors (Lipinski definition) is 3. The monoisotopic (exact) mass is 850 g/mol. The van der Waals surface area contributed by atoms with Crippen LogP contribution in [0.5, 0.6) is 5.75 Å². The maximum absolute atomic E-state index is 15.7. The van der Waals surface area contributed by atoms with E-state index < -0.39 is 30.0 Å². The van der Waals surface area contributed by atoms with Crippen LogP contribution in [0.4, 0.5) is 14.5 Å². The molecule has 15 heteroatoms. The van der Waals surface area contributed by atoms with Crippen molar-refractivity contribution in [3.8, 4) is 16.9 Å². The Morgan fingerprint density at radius 1 is 1.07 bits per heavy atom. The molecule has 0 unspecified atom stereocenters. The number of halogens is 4. The Kier molecular flexibility index (Phi) is 13.4. The van der Waals surface area contributed by atoms with E-state index in [0.29, 0.717) is 46.7 Å². The summed E-state index contributed by atoms with van der Waals surface area (Å²) in [7, 11) is 3.31. The molecule has 4 heterocycles. The molecule has 4 aromatic rings. The van der Waals surface area contributed by atoms with Crippen LogP contribution < -0.4 is 10.1 Å². The second-order valence-electron chi connectivity index (χ2n) is 16.1. The maximum Gasteiger partial charge on any atom is 0.303 e. The number of aliphatic carboxylic acids is 1. The number of aliphatic hydroxyl groups is 1. The number of carbonyl (C=O) groups excluding carboxylic acids is 1. The van der Waals surface area contributed by atoms with E-state index in [4.69, 9.17) is 38.0 Å². The summed E-state index contributed by atoms with van der Waals surface area (Å²) in [4.78, 5) is 38.1. The lowest BCUT2D eigenvalue weighted by molar-refractivity contribution is -0.137. The van der Waals surface area contributed by atoms with Crippen molar-refractivity contribution in [2.75, 3.05) is 38.6 Å². The third kappa shape index (κ3) is 9.65. The van der Waals surface area contributed by atoms with E-state index in [1.807, 2.05) is 11.6 Å². The van der Waals surface area contributed by atoms with Gasteiger partial charge in [0.2, 0.25) is 0 Å². The van der Waals surface area contributed by atoms with E-state index in [0.717, 1.165) is 56.6 Å². The number of rotatable bonds is 15. The molecule has 0 spiro atoms. The largest absolute Gasteiger partial charge is 0.496 e. The van der Waals surface area contributed by atoms with E-state index in [-0.39, 0.29) is 53.0 Å². The summed E-state index contributed by atoms with van der Waals surface area (Å²) in [5, 5.41) is 22.4. The van der Waals surface area contributed by atoms with Crippen molar-refractivity contribution in [3.63, 3.8) is 0 Å². The van der Waals surface area contributed by atoms with Crippen LogP contribution in [0.25, 0.3) is 23.0 Å². The molecule has 2 aliphatic heterocycles. The number of fused-ring (bicyclic) bond motifs is 1. The lowest BCUT2D eigenvalue weighted by atomic mass is 9.78. The second-order valence-corrected chi connectivity index (χ2v) is 16.9. The van der Waals surface area contributed by atoms with Crippen LogP contribution >= 0.6 is 23.2 Å². The van der Waals surface area contributed by atoms with Crippen molar-refractivity contribution in [1.82, 2.24) is 24.3 Å². The average molecular weight is 852 g/mol. The predicted octanol–water partition coefficient (Wildman–Crippen LogP) is 8.60. The molecule has 2 aromatic carbocycles. The van der Waals surface area contributed by atoms with Crippen molar-refractivity contribution in [2.45, 2.75) is 83.2 Å². The molecule has 2 atom stereocenters. The second kappa shape index (κ2) is 18.5. The van der Waals surface area contributed by atoms with Crippen molar-refractivity contribution in [3.05, 3.63) is 92.7 Å². The van der Waals surface area contributed by atoms with Crippen molar-refractivity contribution < 1.29 is 33.3 Å². The molecule has 0 radical (unpaired) electrons. The highest BCUT2D eigenvalue weighted by molar-refractivity contribution is 6.39. The quantitative estimate of drug-likeness (QED) is 0.108. The van der Waals surface area contributed by atoms with Gasteiger partial charge in [-0.3, -0.25) is 24.4 Å². The number of pyridine rings is 1. The summed E-state index contributed by atoms with van der Waals surface area (Å²) >= 11 is 13.8. The van der Waals surface area contributed by atoms with Crippen molar-refractivity contribution in [2.24, 2.45) is 12.5 Å². The first-order valence-electron chi connectivity index (χ1n) is 20.2. The van der Waals surface area contributed by atoms with Gasteiger partial charge in [0, 0.05) is 87.3 Å². The van der Waals surface area contributed by atoms with Crippen LogP contribution in [0, 0.1) is 5.41 Å². The Balaban J connectivity index is 1.03. The van der Waals surface area contributed by atoms with E-state index in [1.54, 1.807) is 41.3 Å². The summed E-state index contributed by atoms with van der Waals surface area (Å²) in [6.45, 7) is 2.97. The first kappa shape index (κ1) is 42.7. The fourth-order valence-corrected chi connectivity index (χ4v) is 9.48. The number of ether oxygens (including phenoxy) is 1. The highest BCUT2D eigenvalue weighted by Crippen LogP contribution is 2.46. The zero-order chi connectivity index (χ0) is 41.8. The van der Waals surface area contributed by atoms with Crippen LogP contribution in [0.15, 0.2) is 48.7 Å². The predicted molar refractivity (Wildman–Crippen MR) is 225 cm³/mol. The summed E-state index contributed by atoms with van der Waals surface area (Å²) in [6.07, 6.45) is 8.76. The van der Waals surface area contributed by atoms with Gasteiger partial charge < -0.3 is 24.8 Å². The lowest BCUT2D eigenvalue weighted by Crippen LogP contribution is -2.34. The third-order valence-corrected chi connectivity index (χ3v) is 13.0. The highest BCUT2D eigenvalue weighted by atomic mass is 35.5. The molecule has 11 nitrogen and oxygen atoms in total. The standard InChI is InChI=1S/C44H50Cl2F2N6O5/c1-52-36-13-18-53(19-17-44(14-3-4-15-44)16-7-12-39(56)57)25-35(36)50-42(52)43(58)51-33-11-6-10-30(41(33)46)29-9-5-8-27(40(29)45)20-31(47)34-21-38(59-2)28(22-49-34)23-54-24-32(48)37(55)26-54/h5-6,8-11,20-22,32,37,55H,3-4,7,12-19,23-26H2,1-2H3,(H,51,58)(H,56,57)/b31-20-/t32-,37-/m1/s1. The minimum absolute atomic E-state index is 0.0192. The molecule has 3 N–H and O–H groups in total. The highest BCUT2D eigenvalue weighted by Gasteiger charge is 2.35. The smallest absolute Gasteiger partial charge is 0.303 e. The summed E-state index contributed by atoms with van der Waals surface area (Å²) < 4.78 is 37.0. The number of carboxylic acids is 1. The molecule has 1 amide bonds. The Morgan fingerprint density at radius 3 is 2.53 bits per heavy atom. The Bertz CT molecular complexity index is 2220. The topological polar surface area (TPSA) is 133 Å². The number of amides is 1. The fraction of sp³-hybridized carbons (Fsp3) is 0.455. The molecule has 2 aromatic heterocycles. The van der Waals surface area contributed by atoms with Gasteiger partial charge in [0.1, 0.15) is 23.4 Å². The fourth-order valence-electron chi connectivity index (χ4n) is 8.93. The minimum atomic E-state index is -1.33. The summed E-state index contributed by atoms with van der Waals surface area (Å²) in [6, 6.07) is 11.9. The Hall–Kier alpha value is -4.40. The molecule has 3 aliphatic rings. The number of carboxylic acid groups (broad SMARTS) is 1. The minimum Gasteiger partial charge on any atom is -0.496 e. The number of β-amino-alcohol motifs (C(OH)–C–C–N with tert-alkyl or cyclic N) is 1. The number of methoxy groups -OCH3 is 1. The molecule has 1 saturated heterocycles. The van der Waals surface area contributed by atoms with Crippen molar-refractivity contribution >= 4 is 52.7 Å². The SMILES string of the molecule is COc1cc(/C(F)=C/c2cccc(-c3cccc(NC(=O)c4nc5c(n4C)CCN(CCC4(CCCC(=O)O)CCCC4)C5)c3Cl)c2Cl)ncc1CN1C[C@@H](O)[C@H](F)C1. The zero-order valence-corrected chi connectivity index (χ0v) is 34.8. The number of anilines is 1. The first-order valence-corrected chi connectivity index (χ1v) is 20.9. The molecule has 1 aliphatic carbocycles. The van der Waals surface area contributed by atoms with Crippen LogP contribution in [-0.4, -0.2) is 92.0 Å². The molecule has 2 fully saturated rings. The average Bonchev–Trinajstić information content (AvgIpc) is 3.91. The number of alkyl halides is 1. The normalized spacial score (nSPS) is 19.5. The van der Waals surface area contributed by atoms with Gasteiger partial charge in [-0.05, 0) is 61.8 Å². The lowest BCUT2D eigenvalue weighted by Gasteiger charge is -2.33. The van der Waals surface area contributed by atoms with Gasteiger partial charge in [-0.15, -0.1) is 0 Å². The number of aliphatic hydroxyl groups excluding tert-OH is 1. The molecule has 314 valence electrons. The third-order valence-electron chi connectivity index (χ3n) is 12.2. The summed E-state index contributed by atoms with van der Waals surface area (Å²) in [5.41, 5.74) is 4.57. The van der Waals surface area contributed by atoms with Gasteiger partial charge in [-0.2, -0.15) is 0 Å².